The Bertz CT molecular complexity index is 821. The number of fused-ring (bicyclic) bond motifs is 1. The summed E-state index contributed by atoms with van der Waals surface area (Å²) in [5.41, 5.74) is 2.58. The van der Waals surface area contributed by atoms with Gasteiger partial charge in [-0.05, 0) is 36.8 Å². The van der Waals surface area contributed by atoms with E-state index in [4.69, 9.17) is 5.11 Å². The van der Waals surface area contributed by atoms with Crippen molar-refractivity contribution in [2.45, 2.75) is 18.9 Å². The highest BCUT2D eigenvalue weighted by molar-refractivity contribution is 9.10. The lowest BCUT2D eigenvalue weighted by Crippen LogP contribution is -2.26. The Morgan fingerprint density at radius 2 is 2.12 bits per heavy atom. The number of carboxylic acids is 1. The average Bonchev–Trinajstić information content (AvgIpc) is 2.70. The first-order valence-electron chi connectivity index (χ1n) is 7.36. The van der Waals surface area contributed by atoms with E-state index in [2.05, 4.69) is 31.2 Å². The van der Waals surface area contributed by atoms with E-state index in [-0.39, 0.29) is 18.7 Å². The number of carboxylic acid groups (broad SMARTS) is 1. The number of pyridine rings is 1. The normalized spacial score (nSPS) is 16.6. The molecule has 0 saturated heterocycles. The minimum atomic E-state index is -0.957. The number of benzodiazepines with no additional fused rings is 1. The van der Waals surface area contributed by atoms with Crippen molar-refractivity contribution in [3.8, 4) is 0 Å². The van der Waals surface area contributed by atoms with Crippen LogP contribution in [-0.4, -0.2) is 33.7 Å². The molecule has 0 spiro atoms. The number of halogens is 1. The lowest BCUT2D eigenvalue weighted by molar-refractivity contribution is -0.137. The lowest BCUT2D eigenvalue weighted by atomic mass is 10.0. The Morgan fingerprint density at radius 1 is 1.29 bits per heavy atom. The second-order valence-corrected chi connectivity index (χ2v) is 6.24. The molecule has 6 nitrogen and oxygen atoms in total. The maximum Gasteiger partial charge on any atom is 0.303 e. The van der Waals surface area contributed by atoms with Gasteiger partial charge in [0.15, 0.2) is 0 Å². The topological polar surface area (TPSA) is 91.7 Å². The Balaban J connectivity index is 2.10. The summed E-state index contributed by atoms with van der Waals surface area (Å²) >= 11 is 3.43. The van der Waals surface area contributed by atoms with Gasteiger partial charge in [0.2, 0.25) is 5.91 Å². The number of amides is 1. The van der Waals surface area contributed by atoms with Gasteiger partial charge in [0, 0.05) is 22.7 Å². The number of rotatable bonds is 4. The summed E-state index contributed by atoms with van der Waals surface area (Å²) in [5, 5.41) is 11.7. The zero-order valence-corrected chi connectivity index (χ0v) is 14.2. The van der Waals surface area contributed by atoms with Crippen molar-refractivity contribution >= 4 is 39.2 Å². The molecular formula is C17H14BrN3O3. The number of nitrogens with zero attached hydrogens (tertiary/aromatic N) is 2. The zero-order valence-electron chi connectivity index (χ0n) is 12.6. The van der Waals surface area contributed by atoms with Gasteiger partial charge in [-0.25, -0.2) is 0 Å². The third kappa shape index (κ3) is 3.51. The molecular weight excluding hydrogens is 374 g/mol. The number of nitrogens with one attached hydrogen (secondary N) is 1. The minimum Gasteiger partial charge on any atom is -0.481 e. The quantitative estimate of drug-likeness (QED) is 0.843. The SMILES string of the molecule is O=C(O)CCC1N=C(c2ccccn2)c2cc(Br)ccc2NC1=O. The first-order chi connectivity index (χ1) is 11.5. The second kappa shape index (κ2) is 6.92. The Morgan fingerprint density at radius 3 is 2.83 bits per heavy atom. The third-order valence-corrected chi connectivity index (χ3v) is 4.11. The van der Waals surface area contributed by atoms with Crippen LogP contribution in [-0.2, 0) is 9.59 Å². The molecule has 0 saturated carbocycles. The van der Waals surface area contributed by atoms with Crippen molar-refractivity contribution in [2.24, 2.45) is 4.99 Å². The minimum absolute atomic E-state index is 0.128. The van der Waals surface area contributed by atoms with E-state index in [9.17, 15) is 9.59 Å². The lowest BCUT2D eigenvalue weighted by Gasteiger charge is -2.09. The number of anilines is 1. The monoisotopic (exact) mass is 387 g/mol. The van der Waals surface area contributed by atoms with E-state index in [0.29, 0.717) is 17.1 Å². The predicted molar refractivity (Wildman–Crippen MR) is 93.3 cm³/mol. The first kappa shape index (κ1) is 16.3. The van der Waals surface area contributed by atoms with Crippen LogP contribution < -0.4 is 5.32 Å². The molecule has 1 unspecified atom stereocenters. The van der Waals surface area contributed by atoms with Gasteiger partial charge < -0.3 is 10.4 Å². The molecule has 0 bridgehead atoms. The average molecular weight is 388 g/mol. The maximum atomic E-state index is 12.4. The molecule has 24 heavy (non-hydrogen) atoms. The molecule has 1 aromatic carbocycles. The number of carbonyl (C=O) groups excluding carboxylic acids is 1. The van der Waals surface area contributed by atoms with Crippen LogP contribution in [0.2, 0.25) is 0 Å². The fraction of sp³-hybridized carbons (Fsp3) is 0.176. The van der Waals surface area contributed by atoms with E-state index >= 15 is 0 Å². The molecule has 2 N–H and O–H groups in total. The molecule has 3 rings (SSSR count). The fourth-order valence-corrected chi connectivity index (χ4v) is 2.85. The summed E-state index contributed by atoms with van der Waals surface area (Å²) in [4.78, 5) is 32.1. The van der Waals surface area contributed by atoms with E-state index in [1.165, 1.54) is 0 Å². The summed E-state index contributed by atoms with van der Waals surface area (Å²) in [5.74, 6) is -1.27. The molecule has 7 heteroatoms. The van der Waals surface area contributed by atoms with Crippen molar-refractivity contribution in [3.63, 3.8) is 0 Å². The van der Waals surface area contributed by atoms with E-state index in [1.807, 2.05) is 24.3 Å². The van der Waals surface area contributed by atoms with Crippen LogP contribution in [0.5, 0.6) is 0 Å². The summed E-state index contributed by atoms with van der Waals surface area (Å²) in [6.45, 7) is 0. The number of aromatic nitrogens is 1. The maximum absolute atomic E-state index is 12.4. The van der Waals surface area contributed by atoms with E-state index in [1.54, 1.807) is 18.3 Å². The van der Waals surface area contributed by atoms with Gasteiger partial charge >= 0.3 is 5.97 Å². The molecule has 122 valence electrons. The number of hydrogen-bond acceptors (Lipinski definition) is 4. The number of carbonyl (C=O) groups is 2. The van der Waals surface area contributed by atoms with Crippen LogP contribution in [0.1, 0.15) is 24.1 Å². The molecule has 0 aliphatic carbocycles. The van der Waals surface area contributed by atoms with Gasteiger partial charge in [-0.1, -0.05) is 22.0 Å². The summed E-state index contributed by atoms with van der Waals surface area (Å²) in [6, 6.07) is 10.2. The van der Waals surface area contributed by atoms with Crippen LogP contribution in [0.15, 0.2) is 52.1 Å². The number of aliphatic imine (C=N–C) groups is 1. The molecule has 0 radical (unpaired) electrons. The van der Waals surface area contributed by atoms with Gasteiger partial charge in [-0.3, -0.25) is 19.6 Å². The van der Waals surface area contributed by atoms with Crippen LogP contribution >= 0.6 is 15.9 Å². The predicted octanol–water partition coefficient (Wildman–Crippen LogP) is 2.87. The third-order valence-electron chi connectivity index (χ3n) is 3.62. The van der Waals surface area contributed by atoms with E-state index in [0.717, 1.165) is 10.0 Å². The van der Waals surface area contributed by atoms with Gasteiger partial charge in [0.1, 0.15) is 6.04 Å². The van der Waals surface area contributed by atoms with Crippen molar-refractivity contribution in [3.05, 3.63) is 58.3 Å². The Kier molecular flexibility index (Phi) is 4.71. The van der Waals surface area contributed by atoms with Gasteiger partial charge in [-0.15, -0.1) is 0 Å². The standard InChI is InChI=1S/C17H14BrN3O3/c18-10-4-5-12-11(9-10)16(13-3-1-2-8-19-13)20-14(17(24)21-12)6-7-15(22)23/h1-5,8-9,14H,6-7H2,(H,21,24)(H,22,23). The van der Waals surface area contributed by atoms with Gasteiger partial charge in [0.25, 0.3) is 0 Å². The zero-order chi connectivity index (χ0) is 17.1. The van der Waals surface area contributed by atoms with Crippen LogP contribution in [0.4, 0.5) is 5.69 Å². The molecule has 1 aliphatic heterocycles. The number of hydrogen-bond donors (Lipinski definition) is 2. The smallest absolute Gasteiger partial charge is 0.303 e. The fourth-order valence-electron chi connectivity index (χ4n) is 2.48. The highest BCUT2D eigenvalue weighted by atomic mass is 79.9. The molecule has 1 aliphatic rings. The highest BCUT2D eigenvalue weighted by Crippen LogP contribution is 2.27. The largest absolute Gasteiger partial charge is 0.481 e. The van der Waals surface area contributed by atoms with Crippen LogP contribution in [0.25, 0.3) is 0 Å². The van der Waals surface area contributed by atoms with Gasteiger partial charge in [0.05, 0.1) is 17.1 Å². The summed E-state index contributed by atoms with van der Waals surface area (Å²) in [7, 11) is 0. The van der Waals surface area contributed by atoms with Crippen LogP contribution in [0.3, 0.4) is 0 Å². The first-order valence-corrected chi connectivity index (χ1v) is 8.15. The molecule has 1 amide bonds. The Labute approximate surface area is 146 Å². The molecule has 0 fully saturated rings. The number of aliphatic carboxylic acids is 1. The van der Waals surface area contributed by atoms with E-state index < -0.39 is 12.0 Å². The second-order valence-electron chi connectivity index (χ2n) is 5.32. The van der Waals surface area contributed by atoms with Crippen molar-refractivity contribution in [1.29, 1.82) is 0 Å². The molecule has 1 aromatic heterocycles. The van der Waals surface area contributed by atoms with Crippen LogP contribution in [0, 0.1) is 0 Å². The number of benzene rings is 1. The summed E-state index contributed by atoms with van der Waals surface area (Å²) < 4.78 is 0.850. The summed E-state index contributed by atoms with van der Waals surface area (Å²) in [6.07, 6.45) is 1.66. The van der Waals surface area contributed by atoms with Gasteiger partial charge in [-0.2, -0.15) is 0 Å². The van der Waals surface area contributed by atoms with Crippen molar-refractivity contribution in [2.75, 3.05) is 5.32 Å². The molecule has 2 heterocycles. The van der Waals surface area contributed by atoms with Crippen molar-refractivity contribution < 1.29 is 14.7 Å². The molecule has 1 atom stereocenters. The van der Waals surface area contributed by atoms with Crippen molar-refractivity contribution in [1.82, 2.24) is 4.98 Å². The Hall–Kier alpha value is -2.54. The molecule has 2 aromatic rings. The highest BCUT2D eigenvalue weighted by Gasteiger charge is 2.26.